The van der Waals surface area contributed by atoms with Crippen molar-refractivity contribution in [2.24, 2.45) is 5.92 Å². The van der Waals surface area contributed by atoms with E-state index in [-0.39, 0.29) is 12.3 Å². The molecule has 0 bridgehead atoms. The number of aliphatic carboxylic acids is 1. The van der Waals surface area contributed by atoms with E-state index in [4.69, 9.17) is 4.52 Å². The molecule has 0 aromatic carbocycles. The quantitative estimate of drug-likeness (QED) is 0.929. The highest BCUT2D eigenvalue weighted by molar-refractivity contribution is 7.08. The van der Waals surface area contributed by atoms with Crippen LogP contribution in [0.15, 0.2) is 21.3 Å². The van der Waals surface area contributed by atoms with Gasteiger partial charge in [0.05, 0.1) is 24.2 Å². The third kappa shape index (κ3) is 2.88. The van der Waals surface area contributed by atoms with Crippen LogP contribution >= 0.6 is 11.3 Å². The number of aryl methyl sites for hydroxylation is 2. The van der Waals surface area contributed by atoms with Crippen molar-refractivity contribution in [3.63, 3.8) is 0 Å². The summed E-state index contributed by atoms with van der Waals surface area (Å²) in [5, 5.41) is 17.3. The lowest BCUT2D eigenvalue weighted by Crippen LogP contribution is -2.44. The topological polar surface area (TPSA) is 83.6 Å². The predicted molar refractivity (Wildman–Crippen MR) is 83.9 cm³/mol. The molecule has 1 aliphatic rings. The Morgan fingerprint density at radius 2 is 2.30 bits per heavy atom. The summed E-state index contributed by atoms with van der Waals surface area (Å²) in [6.45, 7) is 3.96. The molecule has 6 nitrogen and oxygen atoms in total. The van der Waals surface area contributed by atoms with E-state index in [1.165, 1.54) is 11.3 Å². The van der Waals surface area contributed by atoms with Crippen LogP contribution in [0.1, 0.15) is 41.5 Å². The van der Waals surface area contributed by atoms with Crippen LogP contribution in [0.5, 0.6) is 0 Å². The van der Waals surface area contributed by atoms with Crippen molar-refractivity contribution in [1.29, 1.82) is 0 Å². The number of thiophene rings is 1. The standard InChI is InChI=1S/C16H18N2O4S/c1-9-13(10(2)22-17-9)7-18-14(19)4-3-12(16(20)21)15(18)11-5-6-23-8-11/h5-6,8,12,15H,3-4,7H2,1-2H3,(H,20,21)/t12-,15-/m1/s1. The molecule has 2 aromatic heterocycles. The second kappa shape index (κ2) is 6.16. The number of carbonyl (C=O) groups is 2. The Morgan fingerprint density at radius 1 is 1.52 bits per heavy atom. The summed E-state index contributed by atoms with van der Waals surface area (Å²) in [5.74, 6) is -0.823. The van der Waals surface area contributed by atoms with Gasteiger partial charge >= 0.3 is 5.97 Å². The summed E-state index contributed by atoms with van der Waals surface area (Å²) in [6, 6.07) is 1.44. The minimum Gasteiger partial charge on any atom is -0.481 e. The molecule has 7 heteroatoms. The molecule has 0 spiro atoms. The maximum atomic E-state index is 12.5. The summed E-state index contributed by atoms with van der Waals surface area (Å²) < 4.78 is 5.17. The van der Waals surface area contributed by atoms with Crippen molar-refractivity contribution in [3.05, 3.63) is 39.4 Å². The first-order valence-corrected chi connectivity index (χ1v) is 8.39. The number of hydrogen-bond acceptors (Lipinski definition) is 5. The third-order valence-electron chi connectivity index (χ3n) is 4.42. The molecule has 0 aliphatic carbocycles. The molecule has 0 saturated carbocycles. The predicted octanol–water partition coefficient (Wildman–Crippen LogP) is 2.92. The SMILES string of the molecule is Cc1noc(C)c1CN1C(=O)CC[C@@H](C(=O)O)[C@H]1c1ccsc1. The number of hydrogen-bond donors (Lipinski definition) is 1. The largest absolute Gasteiger partial charge is 0.481 e. The van der Waals surface area contributed by atoms with Crippen molar-refractivity contribution < 1.29 is 19.2 Å². The van der Waals surface area contributed by atoms with Gasteiger partial charge in [0.15, 0.2) is 0 Å². The van der Waals surface area contributed by atoms with Gasteiger partial charge in [0.1, 0.15) is 5.76 Å². The third-order valence-corrected chi connectivity index (χ3v) is 5.12. The van der Waals surface area contributed by atoms with Crippen LogP contribution < -0.4 is 0 Å². The molecule has 1 aliphatic heterocycles. The number of carboxylic acids is 1. The molecule has 2 atom stereocenters. The van der Waals surface area contributed by atoms with Gasteiger partial charge in [-0.3, -0.25) is 9.59 Å². The molecule has 3 rings (SSSR count). The Labute approximate surface area is 137 Å². The van der Waals surface area contributed by atoms with E-state index in [0.717, 1.165) is 16.8 Å². The molecule has 122 valence electrons. The van der Waals surface area contributed by atoms with Crippen molar-refractivity contribution in [1.82, 2.24) is 10.1 Å². The number of aromatic nitrogens is 1. The van der Waals surface area contributed by atoms with Crippen molar-refractivity contribution in [2.75, 3.05) is 0 Å². The second-order valence-corrected chi connectivity index (χ2v) is 6.59. The van der Waals surface area contributed by atoms with E-state index in [2.05, 4.69) is 5.16 Å². The number of rotatable bonds is 4. The molecular formula is C16H18N2O4S. The lowest BCUT2D eigenvalue weighted by atomic mass is 9.85. The first-order valence-electron chi connectivity index (χ1n) is 7.45. The molecule has 23 heavy (non-hydrogen) atoms. The monoisotopic (exact) mass is 334 g/mol. The van der Waals surface area contributed by atoms with E-state index in [1.807, 2.05) is 23.8 Å². The molecule has 1 N–H and O–H groups in total. The van der Waals surface area contributed by atoms with E-state index < -0.39 is 17.9 Å². The fraction of sp³-hybridized carbons (Fsp3) is 0.438. The highest BCUT2D eigenvalue weighted by Gasteiger charge is 2.41. The fourth-order valence-corrected chi connectivity index (χ4v) is 3.84. The van der Waals surface area contributed by atoms with Crippen molar-refractivity contribution >= 4 is 23.2 Å². The maximum Gasteiger partial charge on any atom is 0.308 e. The Balaban J connectivity index is 1.99. The van der Waals surface area contributed by atoms with Crippen LogP contribution in [-0.2, 0) is 16.1 Å². The Kier molecular flexibility index (Phi) is 4.21. The Morgan fingerprint density at radius 3 is 2.87 bits per heavy atom. The van der Waals surface area contributed by atoms with Gasteiger partial charge in [0, 0.05) is 12.0 Å². The van der Waals surface area contributed by atoms with Gasteiger partial charge in [-0.1, -0.05) is 5.16 Å². The zero-order valence-corrected chi connectivity index (χ0v) is 13.8. The highest BCUT2D eigenvalue weighted by atomic mass is 32.1. The van der Waals surface area contributed by atoms with E-state index >= 15 is 0 Å². The normalized spacial score (nSPS) is 21.7. The van der Waals surface area contributed by atoms with Crippen LogP contribution in [0.4, 0.5) is 0 Å². The zero-order chi connectivity index (χ0) is 16.6. The van der Waals surface area contributed by atoms with Crippen LogP contribution in [-0.4, -0.2) is 27.0 Å². The van der Waals surface area contributed by atoms with E-state index in [0.29, 0.717) is 18.7 Å². The molecule has 1 amide bonds. The van der Waals surface area contributed by atoms with Crippen LogP contribution in [0.25, 0.3) is 0 Å². The zero-order valence-electron chi connectivity index (χ0n) is 13.0. The second-order valence-electron chi connectivity index (χ2n) is 5.81. The molecule has 0 radical (unpaired) electrons. The van der Waals surface area contributed by atoms with Gasteiger partial charge in [-0.15, -0.1) is 0 Å². The lowest BCUT2D eigenvalue weighted by Gasteiger charge is -2.39. The number of likely N-dealkylation sites (tertiary alicyclic amines) is 1. The van der Waals surface area contributed by atoms with Crippen LogP contribution in [0, 0.1) is 19.8 Å². The Bertz CT molecular complexity index is 703. The van der Waals surface area contributed by atoms with E-state index in [1.54, 1.807) is 11.8 Å². The number of piperidine rings is 1. The minimum atomic E-state index is -0.863. The summed E-state index contributed by atoms with van der Waals surface area (Å²) in [7, 11) is 0. The number of amides is 1. The van der Waals surface area contributed by atoms with Crippen LogP contribution in [0.3, 0.4) is 0 Å². The van der Waals surface area contributed by atoms with Gasteiger partial charge in [0.2, 0.25) is 5.91 Å². The molecule has 1 fully saturated rings. The van der Waals surface area contributed by atoms with Gasteiger partial charge in [-0.2, -0.15) is 11.3 Å². The van der Waals surface area contributed by atoms with Gasteiger partial charge in [-0.05, 0) is 42.7 Å². The van der Waals surface area contributed by atoms with E-state index in [9.17, 15) is 14.7 Å². The van der Waals surface area contributed by atoms with Crippen molar-refractivity contribution in [3.8, 4) is 0 Å². The molecule has 3 heterocycles. The first-order chi connectivity index (χ1) is 11.0. The first kappa shape index (κ1) is 15.7. The summed E-state index contributed by atoms with van der Waals surface area (Å²) in [5.41, 5.74) is 2.46. The number of carbonyl (C=O) groups excluding carboxylic acids is 1. The lowest BCUT2D eigenvalue weighted by molar-refractivity contribution is -0.152. The minimum absolute atomic E-state index is 0.0290. The highest BCUT2D eigenvalue weighted by Crippen LogP contribution is 2.39. The average molecular weight is 334 g/mol. The Hall–Kier alpha value is -2.15. The average Bonchev–Trinajstić information content (AvgIpc) is 3.13. The molecular weight excluding hydrogens is 316 g/mol. The van der Waals surface area contributed by atoms with Gasteiger partial charge in [-0.25, -0.2) is 0 Å². The van der Waals surface area contributed by atoms with Gasteiger partial charge < -0.3 is 14.5 Å². The number of nitrogens with zero attached hydrogens (tertiary/aromatic N) is 2. The van der Waals surface area contributed by atoms with Crippen LogP contribution in [0.2, 0.25) is 0 Å². The number of carboxylic acid groups (broad SMARTS) is 1. The molecule has 2 aromatic rings. The summed E-state index contributed by atoms with van der Waals surface area (Å²) >= 11 is 1.50. The maximum absolute atomic E-state index is 12.5. The van der Waals surface area contributed by atoms with Crippen molar-refractivity contribution in [2.45, 2.75) is 39.3 Å². The summed E-state index contributed by atoms with van der Waals surface area (Å²) in [4.78, 5) is 25.8. The molecule has 0 unspecified atom stereocenters. The van der Waals surface area contributed by atoms with Gasteiger partial charge in [0.25, 0.3) is 0 Å². The molecule has 1 saturated heterocycles. The summed E-state index contributed by atoms with van der Waals surface area (Å²) in [6.07, 6.45) is 0.619. The smallest absolute Gasteiger partial charge is 0.308 e. The fourth-order valence-electron chi connectivity index (χ4n) is 3.15.